The first kappa shape index (κ1) is 17.4. The molecule has 0 aliphatic heterocycles. The minimum atomic E-state index is -3.74. The van der Waals surface area contributed by atoms with Crippen molar-refractivity contribution >= 4 is 10.0 Å². The Bertz CT molecular complexity index is 1000. The predicted molar refractivity (Wildman–Crippen MR) is 97.9 cm³/mol. The molecule has 6 nitrogen and oxygen atoms in total. The number of benzene rings is 1. The molecule has 0 unspecified atom stereocenters. The van der Waals surface area contributed by atoms with Crippen molar-refractivity contribution in [3.05, 3.63) is 59.5 Å². The summed E-state index contributed by atoms with van der Waals surface area (Å²) in [5.41, 5.74) is 3.95. The van der Waals surface area contributed by atoms with E-state index in [1.165, 1.54) is 8.65 Å². The molecule has 0 aliphatic rings. The maximum atomic E-state index is 13.3. The molecule has 0 bridgehead atoms. The Balaban J connectivity index is 2.28. The molecule has 3 aromatic rings. The lowest BCUT2D eigenvalue weighted by Crippen LogP contribution is -2.14. The first-order valence-corrected chi connectivity index (χ1v) is 9.47. The topological polar surface area (TPSA) is 68.9 Å². The second kappa shape index (κ2) is 6.50. The van der Waals surface area contributed by atoms with Crippen molar-refractivity contribution < 1.29 is 8.42 Å². The minimum Gasteiger partial charge on any atom is -0.316 e. The van der Waals surface area contributed by atoms with Crippen molar-refractivity contribution in [2.75, 3.05) is 7.05 Å². The lowest BCUT2D eigenvalue weighted by Gasteiger charge is -2.11. The Morgan fingerprint density at radius 1 is 1.12 bits per heavy atom. The van der Waals surface area contributed by atoms with Crippen LogP contribution in [0.4, 0.5) is 0 Å². The molecule has 1 N–H and O–H groups in total. The van der Waals surface area contributed by atoms with Gasteiger partial charge in [-0.1, -0.05) is 30.3 Å². The number of hydrogen-bond donors (Lipinski definition) is 1. The van der Waals surface area contributed by atoms with Crippen molar-refractivity contribution in [3.63, 3.8) is 0 Å². The first-order valence-electron chi connectivity index (χ1n) is 8.03. The van der Waals surface area contributed by atoms with Gasteiger partial charge >= 0.3 is 0 Å². The van der Waals surface area contributed by atoms with Gasteiger partial charge in [0.15, 0.2) is 0 Å². The van der Waals surface area contributed by atoms with Gasteiger partial charge in [-0.15, -0.1) is 0 Å². The van der Waals surface area contributed by atoms with Crippen LogP contribution < -0.4 is 5.32 Å². The summed E-state index contributed by atoms with van der Waals surface area (Å²) in [5.74, 6) is 0. The molecule has 2 aromatic heterocycles. The van der Waals surface area contributed by atoms with E-state index in [0.29, 0.717) is 17.9 Å². The van der Waals surface area contributed by atoms with E-state index < -0.39 is 10.0 Å². The van der Waals surface area contributed by atoms with Crippen LogP contribution in [0.5, 0.6) is 0 Å². The molecule has 25 heavy (non-hydrogen) atoms. The van der Waals surface area contributed by atoms with E-state index in [1.807, 2.05) is 44.3 Å². The Morgan fingerprint density at radius 2 is 1.80 bits per heavy atom. The number of aryl methyl sites for hydroxylation is 2. The number of aromatic nitrogens is 3. The van der Waals surface area contributed by atoms with E-state index in [2.05, 4.69) is 10.4 Å². The Morgan fingerprint density at radius 3 is 2.36 bits per heavy atom. The first-order chi connectivity index (χ1) is 11.9. The average Bonchev–Trinajstić information content (AvgIpc) is 3.09. The van der Waals surface area contributed by atoms with Crippen molar-refractivity contribution in [3.8, 4) is 11.3 Å². The van der Waals surface area contributed by atoms with Crippen molar-refractivity contribution in [2.45, 2.75) is 25.3 Å². The van der Waals surface area contributed by atoms with Crippen LogP contribution >= 0.6 is 0 Å². The molecule has 0 amide bonds. The molecule has 0 fully saturated rings. The second-order valence-electron chi connectivity index (χ2n) is 6.08. The summed E-state index contributed by atoms with van der Waals surface area (Å²) >= 11 is 0. The summed E-state index contributed by atoms with van der Waals surface area (Å²) in [7, 11) is -0.176. The number of nitrogens with zero attached hydrogens (tertiary/aromatic N) is 3. The van der Waals surface area contributed by atoms with Gasteiger partial charge in [0.2, 0.25) is 0 Å². The summed E-state index contributed by atoms with van der Waals surface area (Å²) in [6, 6.07) is 9.58. The molecule has 0 aliphatic carbocycles. The van der Waals surface area contributed by atoms with E-state index in [9.17, 15) is 8.42 Å². The third-order valence-electron chi connectivity index (χ3n) is 4.25. The number of nitrogens with one attached hydrogen (secondary N) is 1. The van der Waals surface area contributed by atoms with Crippen LogP contribution in [0.1, 0.15) is 16.8 Å². The van der Waals surface area contributed by atoms with E-state index in [0.717, 1.165) is 16.7 Å². The average molecular weight is 358 g/mol. The monoisotopic (exact) mass is 358 g/mol. The van der Waals surface area contributed by atoms with Gasteiger partial charge in [-0.05, 0) is 37.6 Å². The quantitative estimate of drug-likeness (QED) is 0.761. The van der Waals surface area contributed by atoms with Crippen LogP contribution in [0, 0.1) is 13.8 Å². The zero-order valence-corrected chi connectivity index (χ0v) is 15.6. The minimum absolute atomic E-state index is 0.221. The maximum Gasteiger partial charge on any atom is 0.271 e. The second-order valence-corrected chi connectivity index (χ2v) is 7.86. The normalized spacial score (nSPS) is 11.8. The maximum absolute atomic E-state index is 13.3. The van der Waals surface area contributed by atoms with Crippen LogP contribution in [0.2, 0.25) is 0 Å². The Hall–Kier alpha value is -2.38. The number of rotatable bonds is 5. The fourth-order valence-corrected chi connectivity index (χ4v) is 4.72. The zero-order chi connectivity index (χ0) is 18.2. The van der Waals surface area contributed by atoms with Crippen LogP contribution in [0.25, 0.3) is 11.3 Å². The van der Waals surface area contributed by atoms with E-state index in [1.54, 1.807) is 26.4 Å². The fraction of sp³-hybridized carbons (Fsp3) is 0.278. The molecule has 3 rings (SSSR count). The van der Waals surface area contributed by atoms with Gasteiger partial charge in [0.1, 0.15) is 4.90 Å². The van der Waals surface area contributed by atoms with Gasteiger partial charge in [0, 0.05) is 26.0 Å². The third kappa shape index (κ3) is 3.01. The Labute approximate surface area is 148 Å². The molecule has 0 saturated carbocycles. The van der Waals surface area contributed by atoms with Crippen molar-refractivity contribution in [2.24, 2.45) is 7.05 Å². The van der Waals surface area contributed by atoms with Gasteiger partial charge in [-0.3, -0.25) is 4.68 Å². The van der Waals surface area contributed by atoms with Gasteiger partial charge in [-0.25, -0.2) is 12.4 Å². The van der Waals surface area contributed by atoms with Crippen LogP contribution in [0.15, 0.2) is 47.6 Å². The molecule has 1 aromatic carbocycles. The summed E-state index contributed by atoms with van der Waals surface area (Å²) in [4.78, 5) is 0.221. The van der Waals surface area contributed by atoms with Crippen molar-refractivity contribution in [1.29, 1.82) is 0 Å². The van der Waals surface area contributed by atoms with Crippen LogP contribution in [0.3, 0.4) is 0 Å². The lowest BCUT2D eigenvalue weighted by atomic mass is 10.1. The van der Waals surface area contributed by atoms with Gasteiger partial charge in [-0.2, -0.15) is 5.10 Å². The molecule has 0 saturated heterocycles. The molecule has 0 spiro atoms. The Kier molecular flexibility index (Phi) is 4.53. The summed E-state index contributed by atoms with van der Waals surface area (Å²) in [6.07, 6.45) is 3.25. The van der Waals surface area contributed by atoms with Crippen LogP contribution in [-0.4, -0.2) is 29.2 Å². The highest BCUT2D eigenvalue weighted by atomic mass is 32.2. The SMILES string of the molecule is CNCc1cn(S(=O)(=O)c2cn(C)nc2C)c(-c2ccccc2)c1C. The van der Waals surface area contributed by atoms with E-state index in [4.69, 9.17) is 0 Å². The molecule has 132 valence electrons. The predicted octanol–water partition coefficient (Wildman–Crippen LogP) is 2.46. The van der Waals surface area contributed by atoms with E-state index >= 15 is 0 Å². The third-order valence-corrected chi connectivity index (χ3v) is 6.01. The summed E-state index contributed by atoms with van der Waals surface area (Å²) in [5, 5.41) is 7.28. The molecule has 0 atom stereocenters. The van der Waals surface area contributed by atoms with Gasteiger partial charge in [0.25, 0.3) is 10.0 Å². The fourth-order valence-electron chi connectivity index (χ4n) is 3.06. The zero-order valence-electron chi connectivity index (χ0n) is 14.8. The standard InChI is InChI=1S/C18H22N4O2S/c1-13-16(10-19-3)11-22(18(13)15-8-6-5-7-9-15)25(23,24)17-12-21(4)20-14(17)2/h5-9,11-12,19H,10H2,1-4H3. The summed E-state index contributed by atoms with van der Waals surface area (Å²) < 4.78 is 29.5. The molecule has 2 heterocycles. The highest BCUT2D eigenvalue weighted by Crippen LogP contribution is 2.31. The molecule has 0 radical (unpaired) electrons. The molecule has 7 heteroatoms. The van der Waals surface area contributed by atoms with Gasteiger partial charge in [0.05, 0.1) is 11.4 Å². The summed E-state index contributed by atoms with van der Waals surface area (Å²) in [6.45, 7) is 4.26. The lowest BCUT2D eigenvalue weighted by molar-refractivity contribution is 0.587. The molecular formula is C18H22N4O2S. The van der Waals surface area contributed by atoms with Crippen molar-refractivity contribution in [1.82, 2.24) is 19.1 Å². The number of hydrogen-bond acceptors (Lipinski definition) is 4. The smallest absolute Gasteiger partial charge is 0.271 e. The van der Waals surface area contributed by atoms with E-state index in [-0.39, 0.29) is 4.90 Å². The molecular weight excluding hydrogens is 336 g/mol. The van der Waals surface area contributed by atoms with Crippen LogP contribution in [-0.2, 0) is 23.6 Å². The van der Waals surface area contributed by atoms with Gasteiger partial charge < -0.3 is 5.32 Å². The largest absolute Gasteiger partial charge is 0.316 e. The highest BCUT2D eigenvalue weighted by Gasteiger charge is 2.27. The highest BCUT2D eigenvalue weighted by molar-refractivity contribution is 7.90.